The average Bonchev–Trinajstić information content (AvgIpc) is 2.22. The van der Waals surface area contributed by atoms with Gasteiger partial charge in [0.15, 0.2) is 0 Å². The number of hydrogen-bond donors (Lipinski definition) is 1. The van der Waals surface area contributed by atoms with E-state index >= 15 is 0 Å². The van der Waals surface area contributed by atoms with Crippen molar-refractivity contribution in [2.45, 2.75) is 39.2 Å². The van der Waals surface area contributed by atoms with Crippen LogP contribution in [0.4, 0.5) is 10.1 Å². The highest BCUT2D eigenvalue weighted by Gasteiger charge is 2.24. The fourth-order valence-corrected chi connectivity index (χ4v) is 3.25. The first kappa shape index (κ1) is 12.9. The van der Waals surface area contributed by atoms with Crippen molar-refractivity contribution in [3.8, 4) is 0 Å². The highest BCUT2D eigenvalue weighted by molar-refractivity contribution is 9.10. The lowest BCUT2D eigenvalue weighted by Gasteiger charge is -2.32. The maximum atomic E-state index is 13.2. The van der Waals surface area contributed by atoms with Gasteiger partial charge in [-0.1, -0.05) is 13.8 Å². The summed E-state index contributed by atoms with van der Waals surface area (Å²) in [5.74, 6) is 1.32. The van der Waals surface area contributed by atoms with E-state index < -0.39 is 0 Å². The van der Waals surface area contributed by atoms with Gasteiger partial charge in [0.05, 0.1) is 5.69 Å². The van der Waals surface area contributed by atoms with Crippen LogP contribution in [0.25, 0.3) is 0 Å². The van der Waals surface area contributed by atoms with Crippen molar-refractivity contribution in [3.05, 3.63) is 28.5 Å². The van der Waals surface area contributed by atoms with Crippen LogP contribution >= 0.6 is 15.9 Å². The fraction of sp³-hybridized carbons (Fsp3) is 0.571. The number of benzene rings is 1. The molecule has 1 fully saturated rings. The zero-order valence-corrected chi connectivity index (χ0v) is 11.9. The molecule has 3 heteroatoms. The first-order chi connectivity index (χ1) is 8.04. The number of rotatable bonds is 2. The Kier molecular flexibility index (Phi) is 4.08. The van der Waals surface area contributed by atoms with E-state index in [4.69, 9.17) is 0 Å². The standard InChI is InChI=1S/C14H19BrFN/c1-9-5-10(2)7-12(6-9)17-14-8-11(16)3-4-13(14)15/h3-4,8-10,12,17H,5-7H2,1-2H3. The van der Waals surface area contributed by atoms with Crippen LogP contribution in [0.3, 0.4) is 0 Å². The van der Waals surface area contributed by atoms with Gasteiger partial charge in [-0.25, -0.2) is 4.39 Å². The Hall–Kier alpha value is -0.570. The van der Waals surface area contributed by atoms with Crippen molar-refractivity contribution < 1.29 is 4.39 Å². The highest BCUT2D eigenvalue weighted by Crippen LogP contribution is 2.32. The van der Waals surface area contributed by atoms with E-state index in [9.17, 15) is 4.39 Å². The van der Waals surface area contributed by atoms with E-state index in [2.05, 4.69) is 35.1 Å². The van der Waals surface area contributed by atoms with Gasteiger partial charge in [0.2, 0.25) is 0 Å². The number of anilines is 1. The van der Waals surface area contributed by atoms with E-state index in [0.717, 1.165) is 22.0 Å². The van der Waals surface area contributed by atoms with Crippen LogP contribution in [0.2, 0.25) is 0 Å². The smallest absolute Gasteiger partial charge is 0.125 e. The SMILES string of the molecule is CC1CC(C)CC(Nc2cc(F)ccc2Br)C1. The summed E-state index contributed by atoms with van der Waals surface area (Å²) in [6.07, 6.45) is 3.66. The third-order valence-corrected chi connectivity index (χ3v) is 4.16. The molecular formula is C14H19BrFN. The van der Waals surface area contributed by atoms with Gasteiger partial charge in [-0.3, -0.25) is 0 Å². The molecule has 2 unspecified atom stereocenters. The molecule has 0 saturated heterocycles. The predicted octanol–water partition coefficient (Wildman–Crippen LogP) is 4.82. The third-order valence-electron chi connectivity index (χ3n) is 3.47. The summed E-state index contributed by atoms with van der Waals surface area (Å²) in [7, 11) is 0. The summed E-state index contributed by atoms with van der Waals surface area (Å²) in [6, 6.07) is 5.26. The highest BCUT2D eigenvalue weighted by atomic mass is 79.9. The third kappa shape index (κ3) is 3.44. The van der Waals surface area contributed by atoms with Gasteiger partial charge in [0.25, 0.3) is 0 Å². The number of hydrogen-bond acceptors (Lipinski definition) is 1. The van der Waals surface area contributed by atoms with Crippen LogP contribution in [0, 0.1) is 17.7 Å². The maximum absolute atomic E-state index is 13.2. The molecule has 0 heterocycles. The Balaban J connectivity index is 2.07. The molecule has 0 aromatic heterocycles. The second kappa shape index (κ2) is 5.38. The van der Waals surface area contributed by atoms with Crippen LogP contribution in [-0.4, -0.2) is 6.04 Å². The normalized spacial score (nSPS) is 29.1. The summed E-state index contributed by atoms with van der Waals surface area (Å²) in [4.78, 5) is 0. The van der Waals surface area contributed by atoms with Crippen LogP contribution < -0.4 is 5.32 Å². The lowest BCUT2D eigenvalue weighted by molar-refractivity contribution is 0.281. The van der Waals surface area contributed by atoms with Gasteiger partial charge in [-0.2, -0.15) is 0 Å². The Bertz CT molecular complexity index is 384. The van der Waals surface area contributed by atoms with Gasteiger partial charge in [0, 0.05) is 10.5 Å². The van der Waals surface area contributed by atoms with Crippen LogP contribution in [-0.2, 0) is 0 Å². The predicted molar refractivity (Wildman–Crippen MR) is 73.7 cm³/mol. The number of halogens is 2. The second-order valence-electron chi connectivity index (χ2n) is 5.38. The second-order valence-corrected chi connectivity index (χ2v) is 6.24. The van der Waals surface area contributed by atoms with Gasteiger partial charge in [0.1, 0.15) is 5.82 Å². The zero-order chi connectivity index (χ0) is 12.4. The summed E-state index contributed by atoms with van der Waals surface area (Å²) in [5, 5.41) is 3.46. The van der Waals surface area contributed by atoms with Crippen molar-refractivity contribution in [2.75, 3.05) is 5.32 Å². The molecule has 17 heavy (non-hydrogen) atoms. The Morgan fingerprint density at radius 3 is 2.47 bits per heavy atom. The first-order valence-electron chi connectivity index (χ1n) is 6.26. The van der Waals surface area contributed by atoms with Gasteiger partial charge in [-0.05, 0) is 65.2 Å². The molecule has 0 radical (unpaired) electrons. The van der Waals surface area contributed by atoms with Crippen molar-refractivity contribution in [1.29, 1.82) is 0 Å². The lowest BCUT2D eigenvalue weighted by atomic mass is 9.80. The summed E-state index contributed by atoms with van der Waals surface area (Å²) >= 11 is 3.46. The van der Waals surface area contributed by atoms with Gasteiger partial charge >= 0.3 is 0 Å². The molecular weight excluding hydrogens is 281 g/mol. The summed E-state index contributed by atoms with van der Waals surface area (Å²) < 4.78 is 14.1. The Morgan fingerprint density at radius 2 is 1.82 bits per heavy atom. The summed E-state index contributed by atoms with van der Waals surface area (Å²) in [6.45, 7) is 4.59. The van der Waals surface area contributed by atoms with Crippen molar-refractivity contribution >= 4 is 21.6 Å². The monoisotopic (exact) mass is 299 g/mol. The average molecular weight is 300 g/mol. The lowest BCUT2D eigenvalue weighted by Crippen LogP contribution is -2.30. The number of nitrogens with one attached hydrogen (secondary N) is 1. The molecule has 2 atom stereocenters. The molecule has 0 aliphatic heterocycles. The first-order valence-corrected chi connectivity index (χ1v) is 7.05. The molecule has 2 rings (SSSR count). The van der Waals surface area contributed by atoms with Crippen molar-refractivity contribution in [1.82, 2.24) is 0 Å². The minimum atomic E-state index is -0.187. The Morgan fingerprint density at radius 1 is 1.18 bits per heavy atom. The molecule has 1 saturated carbocycles. The molecule has 1 aromatic carbocycles. The quantitative estimate of drug-likeness (QED) is 0.825. The van der Waals surface area contributed by atoms with E-state index in [0.29, 0.717) is 6.04 Å². The largest absolute Gasteiger partial charge is 0.381 e. The topological polar surface area (TPSA) is 12.0 Å². The zero-order valence-electron chi connectivity index (χ0n) is 10.3. The van der Waals surface area contributed by atoms with Crippen LogP contribution in [0.15, 0.2) is 22.7 Å². The van der Waals surface area contributed by atoms with Crippen molar-refractivity contribution in [3.63, 3.8) is 0 Å². The van der Waals surface area contributed by atoms with Gasteiger partial charge < -0.3 is 5.32 Å². The molecule has 1 aliphatic carbocycles. The molecule has 1 aliphatic rings. The van der Waals surface area contributed by atoms with Crippen LogP contribution in [0.5, 0.6) is 0 Å². The summed E-state index contributed by atoms with van der Waals surface area (Å²) in [5.41, 5.74) is 0.872. The van der Waals surface area contributed by atoms with E-state index in [-0.39, 0.29) is 5.82 Å². The maximum Gasteiger partial charge on any atom is 0.125 e. The molecule has 94 valence electrons. The molecule has 0 spiro atoms. The minimum absolute atomic E-state index is 0.187. The van der Waals surface area contributed by atoms with Gasteiger partial charge in [-0.15, -0.1) is 0 Å². The van der Waals surface area contributed by atoms with E-state index in [1.54, 1.807) is 12.1 Å². The molecule has 0 bridgehead atoms. The minimum Gasteiger partial charge on any atom is -0.381 e. The molecule has 1 aromatic rings. The van der Waals surface area contributed by atoms with Crippen molar-refractivity contribution in [2.24, 2.45) is 11.8 Å². The van der Waals surface area contributed by atoms with Crippen LogP contribution in [0.1, 0.15) is 33.1 Å². The molecule has 0 amide bonds. The van der Waals surface area contributed by atoms with E-state index in [1.807, 2.05) is 0 Å². The fourth-order valence-electron chi connectivity index (χ4n) is 2.89. The Labute approximate surface area is 111 Å². The molecule has 1 N–H and O–H groups in total. The molecule has 1 nitrogen and oxygen atoms in total. The van der Waals surface area contributed by atoms with E-state index in [1.165, 1.54) is 25.3 Å².